The van der Waals surface area contributed by atoms with Crippen molar-refractivity contribution in [3.63, 3.8) is 0 Å². The molecule has 3 aromatic rings. The molecule has 0 saturated carbocycles. The van der Waals surface area contributed by atoms with Crippen molar-refractivity contribution in [2.24, 2.45) is 0 Å². The van der Waals surface area contributed by atoms with Crippen molar-refractivity contribution in [3.8, 4) is 11.5 Å². The molecule has 1 amide bonds. The SMILES string of the molecule is COC(=O)NC(c1cccc(N)c1)P(=O)(Oc1ccccc1)Oc1ccccc1. The molecule has 0 saturated heterocycles. The fraction of sp³-hybridized carbons (Fsp3) is 0.0952. The average Bonchev–Trinajstić information content (AvgIpc) is 2.73. The lowest BCUT2D eigenvalue weighted by Gasteiger charge is -2.28. The van der Waals surface area contributed by atoms with Gasteiger partial charge in [-0.3, -0.25) is 0 Å². The first-order valence-corrected chi connectivity index (χ1v) is 10.4. The quantitative estimate of drug-likeness (QED) is 0.420. The zero-order valence-corrected chi connectivity index (χ0v) is 16.6. The number of ether oxygens (including phenoxy) is 1. The molecule has 3 rings (SSSR count). The van der Waals surface area contributed by atoms with Crippen molar-refractivity contribution in [2.45, 2.75) is 5.78 Å². The lowest BCUT2D eigenvalue weighted by molar-refractivity contribution is 0.168. The first-order valence-electron chi connectivity index (χ1n) is 8.79. The molecule has 0 aliphatic rings. The lowest BCUT2D eigenvalue weighted by Crippen LogP contribution is -2.31. The summed E-state index contributed by atoms with van der Waals surface area (Å²) in [5.74, 6) is -0.515. The van der Waals surface area contributed by atoms with E-state index >= 15 is 0 Å². The van der Waals surface area contributed by atoms with Gasteiger partial charge in [0.25, 0.3) is 0 Å². The molecule has 0 aliphatic carbocycles. The third kappa shape index (κ3) is 5.30. The van der Waals surface area contributed by atoms with Crippen molar-refractivity contribution in [1.82, 2.24) is 5.32 Å². The largest absolute Gasteiger partial charge is 0.457 e. The highest BCUT2D eigenvalue weighted by molar-refractivity contribution is 7.55. The summed E-state index contributed by atoms with van der Waals surface area (Å²) >= 11 is 0. The second-order valence-electron chi connectivity index (χ2n) is 6.06. The molecule has 150 valence electrons. The van der Waals surface area contributed by atoms with Gasteiger partial charge in [-0.2, -0.15) is 0 Å². The van der Waals surface area contributed by atoms with Gasteiger partial charge < -0.3 is 24.8 Å². The standard InChI is InChI=1S/C21H21N2O5P/c1-26-21(24)23-20(16-9-8-10-17(22)15-16)29(25,27-18-11-4-2-5-12-18)28-19-13-6-3-7-14-19/h2-15,20H,22H2,1H3,(H,23,24). The van der Waals surface area contributed by atoms with Gasteiger partial charge in [0, 0.05) is 5.69 Å². The Balaban J connectivity index is 2.07. The first-order chi connectivity index (χ1) is 14.0. The summed E-state index contributed by atoms with van der Waals surface area (Å²) in [6, 6.07) is 23.8. The van der Waals surface area contributed by atoms with Crippen LogP contribution >= 0.6 is 7.60 Å². The molecule has 0 bridgehead atoms. The van der Waals surface area contributed by atoms with Crippen molar-refractivity contribution >= 4 is 19.4 Å². The van der Waals surface area contributed by atoms with E-state index in [9.17, 15) is 9.36 Å². The van der Waals surface area contributed by atoms with Crippen LogP contribution in [0.1, 0.15) is 11.3 Å². The van der Waals surface area contributed by atoms with Crippen molar-refractivity contribution in [1.29, 1.82) is 0 Å². The number of rotatable bonds is 7. The zero-order chi connectivity index (χ0) is 20.7. The highest BCUT2D eigenvalue weighted by Crippen LogP contribution is 2.59. The van der Waals surface area contributed by atoms with E-state index in [0.29, 0.717) is 22.7 Å². The molecule has 0 radical (unpaired) electrons. The van der Waals surface area contributed by atoms with E-state index in [1.807, 2.05) is 0 Å². The summed E-state index contributed by atoms with van der Waals surface area (Å²) in [6.07, 6.45) is -0.786. The summed E-state index contributed by atoms with van der Waals surface area (Å²) in [5, 5.41) is 2.56. The Morgan fingerprint density at radius 1 is 0.897 bits per heavy atom. The van der Waals surface area contributed by atoms with E-state index < -0.39 is 19.5 Å². The molecule has 8 heteroatoms. The number of nitrogens with two attached hydrogens (primary N) is 1. The third-order valence-electron chi connectivity index (χ3n) is 3.93. The highest BCUT2D eigenvalue weighted by Gasteiger charge is 2.42. The number of hydrogen-bond donors (Lipinski definition) is 2. The van der Waals surface area contributed by atoms with E-state index in [0.717, 1.165) is 0 Å². The van der Waals surface area contributed by atoms with Crippen LogP contribution in [-0.4, -0.2) is 13.2 Å². The number of nitrogens with one attached hydrogen (secondary N) is 1. The normalized spacial score (nSPS) is 11.9. The number of carbonyl (C=O) groups is 1. The van der Waals surface area contributed by atoms with Crippen molar-refractivity contribution in [2.75, 3.05) is 12.8 Å². The number of methoxy groups -OCH3 is 1. The van der Waals surface area contributed by atoms with Gasteiger partial charge in [0.1, 0.15) is 11.5 Å². The molecule has 0 aliphatic heterocycles. The smallest absolute Gasteiger partial charge is 0.453 e. The molecule has 29 heavy (non-hydrogen) atoms. The Kier molecular flexibility index (Phi) is 6.42. The number of nitrogen functional groups attached to an aromatic ring is 1. The highest BCUT2D eigenvalue weighted by atomic mass is 31.2. The molecule has 3 N–H and O–H groups in total. The molecule has 0 heterocycles. The van der Waals surface area contributed by atoms with Gasteiger partial charge in [-0.1, -0.05) is 48.5 Å². The minimum absolute atomic E-state index is 0.326. The lowest BCUT2D eigenvalue weighted by atomic mass is 10.2. The Labute approximate surface area is 168 Å². The summed E-state index contributed by atoms with van der Waals surface area (Å²) in [4.78, 5) is 12.0. The van der Waals surface area contributed by atoms with Crippen LogP contribution in [0, 0.1) is 0 Å². The first kappa shape index (κ1) is 20.3. The second-order valence-corrected chi connectivity index (χ2v) is 8.02. The summed E-state index contributed by atoms with van der Waals surface area (Å²) < 4.78 is 30.4. The predicted molar refractivity (Wildman–Crippen MR) is 111 cm³/mol. The van der Waals surface area contributed by atoms with E-state index in [2.05, 4.69) is 5.32 Å². The number of hydrogen-bond acceptors (Lipinski definition) is 6. The minimum atomic E-state index is -4.05. The van der Waals surface area contributed by atoms with Gasteiger partial charge in [0.2, 0.25) is 0 Å². The van der Waals surface area contributed by atoms with Crippen LogP contribution in [0.15, 0.2) is 84.9 Å². The fourth-order valence-corrected chi connectivity index (χ4v) is 4.49. The maximum Gasteiger partial charge on any atom is 0.457 e. The number of anilines is 1. The van der Waals surface area contributed by atoms with Crippen LogP contribution in [-0.2, 0) is 9.30 Å². The van der Waals surface area contributed by atoms with Gasteiger partial charge in [-0.05, 0) is 42.0 Å². The summed E-state index contributed by atoms with van der Waals surface area (Å²) in [6.45, 7) is 0. The summed E-state index contributed by atoms with van der Waals surface area (Å²) in [7, 11) is -2.83. The van der Waals surface area contributed by atoms with E-state index in [1.54, 1.807) is 84.9 Å². The molecular formula is C21H21N2O5P. The predicted octanol–water partition coefficient (Wildman–Crippen LogP) is 4.97. The topological polar surface area (TPSA) is 99.9 Å². The molecule has 1 atom stereocenters. The zero-order valence-electron chi connectivity index (χ0n) is 15.7. The number of alkyl carbamates (subject to hydrolysis) is 1. The van der Waals surface area contributed by atoms with Crippen molar-refractivity contribution in [3.05, 3.63) is 90.5 Å². The van der Waals surface area contributed by atoms with Crippen LogP contribution in [0.25, 0.3) is 0 Å². The maximum absolute atomic E-state index is 14.1. The second kappa shape index (κ2) is 9.17. The Bertz CT molecular complexity index is 953. The van der Waals surface area contributed by atoms with Crippen LogP contribution in [0.3, 0.4) is 0 Å². The number of benzene rings is 3. The average molecular weight is 412 g/mol. The molecular weight excluding hydrogens is 391 g/mol. The Morgan fingerprint density at radius 2 is 1.45 bits per heavy atom. The summed E-state index contributed by atoms with van der Waals surface area (Å²) in [5.41, 5.74) is 6.78. The van der Waals surface area contributed by atoms with Gasteiger partial charge >= 0.3 is 13.7 Å². The van der Waals surface area contributed by atoms with Crippen LogP contribution in [0.2, 0.25) is 0 Å². The molecule has 0 aromatic heterocycles. The fourth-order valence-electron chi connectivity index (χ4n) is 2.63. The monoisotopic (exact) mass is 412 g/mol. The Hall–Kier alpha value is -3.44. The molecule has 1 unspecified atom stereocenters. The third-order valence-corrected chi connectivity index (χ3v) is 5.92. The van der Waals surface area contributed by atoms with Crippen LogP contribution in [0.4, 0.5) is 10.5 Å². The Morgan fingerprint density at radius 3 is 1.93 bits per heavy atom. The van der Waals surface area contributed by atoms with Gasteiger partial charge in [0.05, 0.1) is 7.11 Å². The molecule has 0 fully saturated rings. The molecule has 0 spiro atoms. The molecule has 3 aromatic carbocycles. The van der Waals surface area contributed by atoms with E-state index in [4.69, 9.17) is 19.5 Å². The van der Waals surface area contributed by atoms with E-state index in [-0.39, 0.29) is 0 Å². The van der Waals surface area contributed by atoms with Crippen LogP contribution in [0.5, 0.6) is 11.5 Å². The number of para-hydroxylation sites is 2. The van der Waals surface area contributed by atoms with Gasteiger partial charge in [-0.25, -0.2) is 9.36 Å². The number of carbonyl (C=O) groups excluding carboxylic acids is 1. The maximum atomic E-state index is 14.1. The minimum Gasteiger partial charge on any atom is -0.453 e. The van der Waals surface area contributed by atoms with Gasteiger partial charge in [-0.15, -0.1) is 0 Å². The molecule has 7 nitrogen and oxygen atoms in total. The van der Waals surface area contributed by atoms with Crippen molar-refractivity contribution < 1.29 is 23.1 Å². The van der Waals surface area contributed by atoms with E-state index in [1.165, 1.54) is 7.11 Å². The van der Waals surface area contributed by atoms with Crippen LogP contribution < -0.4 is 20.1 Å². The number of amides is 1. The van der Waals surface area contributed by atoms with Gasteiger partial charge in [0.15, 0.2) is 5.78 Å².